The van der Waals surface area contributed by atoms with Gasteiger partial charge in [0.25, 0.3) is 5.19 Å². The maximum absolute atomic E-state index is 10.6. The highest BCUT2D eigenvalue weighted by molar-refractivity contribution is 7.11. The molecule has 5 nitrogen and oxygen atoms in total. The van der Waals surface area contributed by atoms with Crippen molar-refractivity contribution in [3.05, 3.63) is 35.3 Å². The number of carbonyl (C=O) groups is 1. The normalized spacial score (nSPS) is 10.0. The van der Waals surface area contributed by atoms with Gasteiger partial charge in [0.1, 0.15) is 11.5 Å². The Bertz CT molecular complexity index is 506. The van der Waals surface area contributed by atoms with Crippen molar-refractivity contribution in [1.82, 2.24) is 4.98 Å². The predicted octanol–water partition coefficient (Wildman–Crippen LogP) is 2.34. The molecule has 1 aromatic carbocycles. The number of benzene rings is 1. The van der Waals surface area contributed by atoms with Gasteiger partial charge in [-0.2, -0.15) is 4.98 Å². The van der Waals surface area contributed by atoms with E-state index in [1.165, 1.54) is 17.5 Å². The van der Waals surface area contributed by atoms with E-state index in [0.717, 1.165) is 11.3 Å². The first kappa shape index (κ1) is 10.4. The molecule has 0 aliphatic heterocycles. The number of hydrogen-bond donors (Lipinski definition) is 2. The van der Waals surface area contributed by atoms with Crippen LogP contribution in [0.3, 0.4) is 0 Å². The molecule has 2 N–H and O–H groups in total. The second kappa shape index (κ2) is 4.19. The number of nitrogens with zero attached hydrogens (tertiary/aromatic N) is 1. The highest BCUT2D eigenvalue weighted by Crippen LogP contribution is 2.26. The molecule has 6 heteroatoms. The Labute approximate surface area is 94.6 Å². The average molecular weight is 237 g/mol. The van der Waals surface area contributed by atoms with E-state index in [4.69, 9.17) is 14.9 Å². The lowest BCUT2D eigenvalue weighted by atomic mass is 10.3. The summed E-state index contributed by atoms with van der Waals surface area (Å²) in [7, 11) is 0. The van der Waals surface area contributed by atoms with E-state index in [1.54, 1.807) is 12.1 Å². The van der Waals surface area contributed by atoms with Crippen LogP contribution in [0.2, 0.25) is 0 Å². The van der Waals surface area contributed by atoms with Crippen LogP contribution in [0.25, 0.3) is 0 Å². The van der Waals surface area contributed by atoms with Gasteiger partial charge in [0.15, 0.2) is 5.69 Å². The Hall–Kier alpha value is -2.08. The van der Waals surface area contributed by atoms with E-state index in [0.29, 0.717) is 5.75 Å². The third-order valence-electron chi connectivity index (χ3n) is 1.74. The number of thiazole rings is 1. The van der Waals surface area contributed by atoms with Crippen LogP contribution >= 0.6 is 11.3 Å². The number of aromatic carboxylic acids is 1. The molecular weight excluding hydrogens is 230 g/mol. The molecule has 0 amide bonds. The van der Waals surface area contributed by atoms with Gasteiger partial charge in [0, 0.05) is 5.38 Å². The number of carboxylic acid groups (broad SMARTS) is 1. The first-order valence-electron chi connectivity index (χ1n) is 4.31. The molecule has 0 spiro atoms. The van der Waals surface area contributed by atoms with E-state index in [9.17, 15) is 4.79 Å². The molecule has 0 radical (unpaired) electrons. The zero-order valence-corrected chi connectivity index (χ0v) is 8.77. The summed E-state index contributed by atoms with van der Waals surface area (Å²) in [4.78, 5) is 14.3. The van der Waals surface area contributed by atoms with Crippen LogP contribution in [0.4, 0.5) is 0 Å². The van der Waals surface area contributed by atoms with Crippen molar-refractivity contribution in [3.8, 4) is 16.7 Å². The van der Waals surface area contributed by atoms with Gasteiger partial charge in [-0.1, -0.05) is 11.3 Å². The minimum absolute atomic E-state index is 0.0428. The fourth-order valence-corrected chi connectivity index (χ4v) is 1.68. The molecule has 2 aromatic rings. The van der Waals surface area contributed by atoms with Gasteiger partial charge in [-0.15, -0.1) is 0 Å². The van der Waals surface area contributed by atoms with Crippen molar-refractivity contribution < 1.29 is 19.7 Å². The van der Waals surface area contributed by atoms with E-state index in [2.05, 4.69) is 4.98 Å². The number of aromatic hydroxyl groups is 1. The lowest BCUT2D eigenvalue weighted by Gasteiger charge is -2.00. The van der Waals surface area contributed by atoms with Crippen LogP contribution in [-0.2, 0) is 0 Å². The Balaban J connectivity index is 2.14. The van der Waals surface area contributed by atoms with Gasteiger partial charge >= 0.3 is 5.97 Å². The largest absolute Gasteiger partial charge is 0.508 e. The molecule has 0 fully saturated rings. The highest BCUT2D eigenvalue weighted by atomic mass is 32.1. The topological polar surface area (TPSA) is 79.7 Å². The van der Waals surface area contributed by atoms with E-state index in [-0.39, 0.29) is 16.6 Å². The molecule has 0 saturated heterocycles. The molecule has 82 valence electrons. The summed E-state index contributed by atoms with van der Waals surface area (Å²) in [5.41, 5.74) is -0.0428. The van der Waals surface area contributed by atoms with Crippen molar-refractivity contribution in [2.75, 3.05) is 0 Å². The Kier molecular flexibility index (Phi) is 2.74. The van der Waals surface area contributed by atoms with Crippen LogP contribution in [-0.4, -0.2) is 21.2 Å². The summed E-state index contributed by atoms with van der Waals surface area (Å²) in [6.45, 7) is 0. The second-order valence-electron chi connectivity index (χ2n) is 2.90. The zero-order valence-electron chi connectivity index (χ0n) is 7.95. The summed E-state index contributed by atoms with van der Waals surface area (Å²) in [5, 5.41) is 19.4. The van der Waals surface area contributed by atoms with Crippen molar-refractivity contribution in [1.29, 1.82) is 0 Å². The van der Waals surface area contributed by atoms with E-state index >= 15 is 0 Å². The molecule has 16 heavy (non-hydrogen) atoms. The standard InChI is InChI=1S/C10H7NO4S/c12-6-1-3-7(4-2-6)15-10-11-8(5-16-10)9(13)14/h1-5,12H,(H,13,14). The number of rotatable bonds is 3. The number of hydrogen-bond acceptors (Lipinski definition) is 5. The maximum Gasteiger partial charge on any atom is 0.355 e. The van der Waals surface area contributed by atoms with E-state index in [1.807, 2.05) is 0 Å². The van der Waals surface area contributed by atoms with Gasteiger partial charge in [-0.25, -0.2) is 4.79 Å². The number of ether oxygens (including phenoxy) is 1. The highest BCUT2D eigenvalue weighted by Gasteiger charge is 2.09. The third kappa shape index (κ3) is 2.29. The van der Waals surface area contributed by atoms with E-state index < -0.39 is 5.97 Å². The number of phenolic OH excluding ortho intramolecular Hbond substituents is 1. The predicted molar refractivity (Wildman–Crippen MR) is 57.3 cm³/mol. The smallest absolute Gasteiger partial charge is 0.355 e. The fourth-order valence-electron chi connectivity index (χ4n) is 1.02. The average Bonchev–Trinajstić information content (AvgIpc) is 2.70. The fraction of sp³-hybridized carbons (Fsp3) is 0. The number of phenols is 1. The van der Waals surface area contributed by atoms with Gasteiger partial charge in [-0.05, 0) is 24.3 Å². The summed E-state index contributed by atoms with van der Waals surface area (Å²) in [5.74, 6) is -0.460. The number of aromatic nitrogens is 1. The molecule has 0 bridgehead atoms. The summed E-state index contributed by atoms with van der Waals surface area (Å²) in [6, 6.07) is 6.08. The second-order valence-corrected chi connectivity index (χ2v) is 3.72. The Morgan fingerprint density at radius 2 is 2.00 bits per heavy atom. The van der Waals surface area contributed by atoms with Gasteiger partial charge in [-0.3, -0.25) is 0 Å². The molecular formula is C10H7NO4S. The molecule has 1 aromatic heterocycles. The maximum atomic E-state index is 10.6. The summed E-state index contributed by atoms with van der Waals surface area (Å²) >= 11 is 1.10. The van der Waals surface area contributed by atoms with Crippen LogP contribution in [0.5, 0.6) is 16.7 Å². The van der Waals surface area contributed by atoms with Crippen LogP contribution in [0, 0.1) is 0 Å². The van der Waals surface area contributed by atoms with Crippen LogP contribution < -0.4 is 4.74 Å². The first-order chi connectivity index (χ1) is 7.65. The van der Waals surface area contributed by atoms with Crippen molar-refractivity contribution >= 4 is 17.3 Å². The number of carboxylic acids is 1. The summed E-state index contributed by atoms with van der Waals surface area (Å²) in [6.07, 6.45) is 0. The molecule has 2 rings (SSSR count). The molecule has 1 heterocycles. The van der Waals surface area contributed by atoms with Crippen molar-refractivity contribution in [2.45, 2.75) is 0 Å². The van der Waals surface area contributed by atoms with Gasteiger partial charge < -0.3 is 14.9 Å². The molecule has 0 aliphatic carbocycles. The summed E-state index contributed by atoms with van der Waals surface area (Å²) < 4.78 is 5.30. The monoisotopic (exact) mass is 237 g/mol. The Morgan fingerprint density at radius 1 is 1.31 bits per heavy atom. The minimum atomic E-state index is -1.09. The minimum Gasteiger partial charge on any atom is -0.508 e. The Morgan fingerprint density at radius 3 is 2.56 bits per heavy atom. The quantitative estimate of drug-likeness (QED) is 0.856. The van der Waals surface area contributed by atoms with Gasteiger partial charge in [0.2, 0.25) is 0 Å². The zero-order chi connectivity index (χ0) is 11.5. The molecule has 0 aliphatic rings. The van der Waals surface area contributed by atoms with Crippen molar-refractivity contribution in [3.63, 3.8) is 0 Å². The molecule has 0 unspecified atom stereocenters. The molecule has 0 saturated carbocycles. The first-order valence-corrected chi connectivity index (χ1v) is 5.19. The van der Waals surface area contributed by atoms with Crippen LogP contribution in [0.15, 0.2) is 29.6 Å². The lowest BCUT2D eigenvalue weighted by molar-refractivity contribution is 0.0690. The lowest BCUT2D eigenvalue weighted by Crippen LogP contribution is -1.95. The SMILES string of the molecule is O=C(O)c1csc(Oc2ccc(O)cc2)n1. The van der Waals surface area contributed by atoms with Crippen molar-refractivity contribution in [2.24, 2.45) is 0 Å². The van der Waals surface area contributed by atoms with Gasteiger partial charge in [0.05, 0.1) is 0 Å². The molecule has 0 atom stereocenters. The third-order valence-corrected chi connectivity index (χ3v) is 2.46. The van der Waals surface area contributed by atoms with Crippen LogP contribution in [0.1, 0.15) is 10.5 Å².